The van der Waals surface area contributed by atoms with Crippen LogP contribution < -0.4 is 5.73 Å². The van der Waals surface area contributed by atoms with Crippen LogP contribution in [-0.2, 0) is 4.84 Å². The minimum Gasteiger partial charge on any atom is -0.391 e. The van der Waals surface area contributed by atoms with Gasteiger partial charge in [-0.2, -0.15) is 0 Å². The molecule has 0 bridgehead atoms. The van der Waals surface area contributed by atoms with Crippen LogP contribution >= 0.6 is 0 Å². The average Bonchev–Trinajstić information content (AvgIpc) is 2.26. The first kappa shape index (κ1) is 12.6. The van der Waals surface area contributed by atoms with Crippen LogP contribution in [0.2, 0.25) is 0 Å². The molecule has 0 spiro atoms. The Labute approximate surface area is 97.3 Å². The van der Waals surface area contributed by atoms with Crippen molar-refractivity contribution < 1.29 is 4.84 Å². The Hall–Kier alpha value is -1.51. The standard InChI is InChI=1S/C13H20N2O/c1-9(2)11-5-7-12(8-6-11)13(14)15-16-10(3)4/h5-10H,1-4H3,(H2,14,15). The van der Waals surface area contributed by atoms with Crippen LogP contribution in [0.25, 0.3) is 0 Å². The van der Waals surface area contributed by atoms with Gasteiger partial charge in [0.2, 0.25) is 0 Å². The quantitative estimate of drug-likeness (QED) is 0.482. The van der Waals surface area contributed by atoms with E-state index >= 15 is 0 Å². The molecule has 0 atom stereocenters. The van der Waals surface area contributed by atoms with E-state index in [0.29, 0.717) is 11.8 Å². The monoisotopic (exact) mass is 220 g/mol. The third-order valence-electron chi connectivity index (χ3n) is 2.23. The summed E-state index contributed by atoms with van der Waals surface area (Å²) < 4.78 is 0. The zero-order valence-corrected chi connectivity index (χ0v) is 10.4. The fraction of sp³-hybridized carbons (Fsp3) is 0.462. The minimum absolute atomic E-state index is 0.0495. The van der Waals surface area contributed by atoms with Crippen LogP contribution in [0.1, 0.15) is 44.7 Å². The van der Waals surface area contributed by atoms with Gasteiger partial charge in [-0.05, 0) is 25.3 Å². The van der Waals surface area contributed by atoms with Crippen LogP contribution in [0, 0.1) is 0 Å². The lowest BCUT2D eigenvalue weighted by atomic mass is 10.0. The molecule has 16 heavy (non-hydrogen) atoms. The summed E-state index contributed by atoms with van der Waals surface area (Å²) in [6.07, 6.45) is 0.0495. The summed E-state index contributed by atoms with van der Waals surface area (Å²) in [7, 11) is 0. The molecule has 0 fully saturated rings. The third-order valence-corrected chi connectivity index (χ3v) is 2.23. The molecular formula is C13H20N2O. The van der Waals surface area contributed by atoms with E-state index < -0.39 is 0 Å². The highest BCUT2D eigenvalue weighted by Gasteiger charge is 2.02. The van der Waals surface area contributed by atoms with E-state index in [1.807, 2.05) is 26.0 Å². The first-order chi connectivity index (χ1) is 7.50. The van der Waals surface area contributed by atoms with Gasteiger partial charge in [0, 0.05) is 5.56 Å². The molecule has 1 aromatic carbocycles. The summed E-state index contributed by atoms with van der Waals surface area (Å²) in [5, 5.41) is 3.86. The van der Waals surface area contributed by atoms with E-state index in [1.165, 1.54) is 5.56 Å². The zero-order chi connectivity index (χ0) is 12.1. The fourth-order valence-electron chi connectivity index (χ4n) is 1.25. The van der Waals surface area contributed by atoms with E-state index in [0.717, 1.165) is 5.56 Å². The molecule has 0 heterocycles. The predicted molar refractivity (Wildman–Crippen MR) is 67.5 cm³/mol. The van der Waals surface area contributed by atoms with Crippen molar-refractivity contribution in [3.8, 4) is 0 Å². The van der Waals surface area contributed by atoms with Crippen molar-refractivity contribution in [1.82, 2.24) is 0 Å². The van der Waals surface area contributed by atoms with Crippen molar-refractivity contribution in [3.63, 3.8) is 0 Å². The lowest BCUT2D eigenvalue weighted by molar-refractivity contribution is 0.0858. The van der Waals surface area contributed by atoms with Gasteiger partial charge in [-0.15, -0.1) is 0 Å². The number of hydrogen-bond acceptors (Lipinski definition) is 2. The van der Waals surface area contributed by atoms with E-state index in [9.17, 15) is 0 Å². The van der Waals surface area contributed by atoms with Crippen LogP contribution in [0.5, 0.6) is 0 Å². The summed E-state index contributed by atoms with van der Waals surface area (Å²) in [4.78, 5) is 5.10. The van der Waals surface area contributed by atoms with E-state index in [4.69, 9.17) is 10.6 Å². The Morgan fingerprint density at radius 3 is 2.12 bits per heavy atom. The topological polar surface area (TPSA) is 47.6 Å². The lowest BCUT2D eigenvalue weighted by Gasteiger charge is -2.07. The molecule has 88 valence electrons. The van der Waals surface area contributed by atoms with Gasteiger partial charge in [-0.1, -0.05) is 43.3 Å². The maximum Gasteiger partial charge on any atom is 0.170 e. The van der Waals surface area contributed by atoms with Crippen molar-refractivity contribution in [2.45, 2.75) is 39.7 Å². The highest BCUT2D eigenvalue weighted by Crippen LogP contribution is 2.14. The smallest absolute Gasteiger partial charge is 0.170 e. The van der Waals surface area contributed by atoms with Gasteiger partial charge in [0.15, 0.2) is 5.84 Å². The van der Waals surface area contributed by atoms with Crippen LogP contribution in [0.3, 0.4) is 0 Å². The largest absolute Gasteiger partial charge is 0.391 e. The summed E-state index contributed by atoms with van der Waals surface area (Å²) in [6.45, 7) is 8.15. The SMILES string of the molecule is CC(C)O/N=C(\N)c1ccc(C(C)C)cc1. The first-order valence-corrected chi connectivity index (χ1v) is 5.60. The molecule has 0 amide bonds. The highest BCUT2D eigenvalue weighted by molar-refractivity contribution is 5.97. The molecule has 1 rings (SSSR count). The number of rotatable bonds is 4. The second-order valence-corrected chi connectivity index (χ2v) is 4.41. The van der Waals surface area contributed by atoms with Gasteiger partial charge in [-0.3, -0.25) is 0 Å². The van der Waals surface area contributed by atoms with Crippen molar-refractivity contribution in [2.75, 3.05) is 0 Å². The number of nitrogens with zero attached hydrogens (tertiary/aromatic N) is 1. The second kappa shape index (κ2) is 5.54. The van der Waals surface area contributed by atoms with Crippen molar-refractivity contribution >= 4 is 5.84 Å². The molecule has 0 aliphatic heterocycles. The third kappa shape index (κ3) is 3.57. The summed E-state index contributed by atoms with van der Waals surface area (Å²) in [6, 6.07) is 8.07. The molecule has 0 unspecified atom stereocenters. The molecule has 3 nitrogen and oxygen atoms in total. The van der Waals surface area contributed by atoms with Gasteiger partial charge in [0.25, 0.3) is 0 Å². The first-order valence-electron chi connectivity index (χ1n) is 5.60. The van der Waals surface area contributed by atoms with E-state index in [2.05, 4.69) is 31.1 Å². The molecule has 3 heteroatoms. The highest BCUT2D eigenvalue weighted by atomic mass is 16.6. The average molecular weight is 220 g/mol. The van der Waals surface area contributed by atoms with Gasteiger partial charge >= 0.3 is 0 Å². The van der Waals surface area contributed by atoms with Crippen LogP contribution in [-0.4, -0.2) is 11.9 Å². The fourth-order valence-corrected chi connectivity index (χ4v) is 1.25. The second-order valence-electron chi connectivity index (χ2n) is 4.41. The number of oxime groups is 1. The Kier molecular flexibility index (Phi) is 4.35. The molecule has 0 aliphatic rings. The summed E-state index contributed by atoms with van der Waals surface area (Å²) in [5.74, 6) is 0.947. The Morgan fingerprint density at radius 2 is 1.69 bits per heavy atom. The molecule has 0 radical (unpaired) electrons. The van der Waals surface area contributed by atoms with Crippen molar-refractivity contribution in [2.24, 2.45) is 10.9 Å². The number of nitrogens with two attached hydrogens (primary N) is 1. The predicted octanol–water partition coefficient (Wildman–Crippen LogP) is 2.86. The maximum absolute atomic E-state index is 5.79. The lowest BCUT2D eigenvalue weighted by Crippen LogP contribution is -2.15. The molecular weight excluding hydrogens is 200 g/mol. The van der Waals surface area contributed by atoms with Gasteiger partial charge in [0.05, 0.1) is 0 Å². The summed E-state index contributed by atoms with van der Waals surface area (Å²) in [5.41, 5.74) is 7.98. The molecule has 0 aliphatic carbocycles. The van der Waals surface area contributed by atoms with E-state index in [1.54, 1.807) is 0 Å². The van der Waals surface area contributed by atoms with Crippen LogP contribution in [0.15, 0.2) is 29.4 Å². The molecule has 0 saturated heterocycles. The normalized spacial score (nSPS) is 12.2. The van der Waals surface area contributed by atoms with E-state index in [-0.39, 0.29) is 6.10 Å². The number of amidine groups is 1. The Morgan fingerprint density at radius 1 is 1.12 bits per heavy atom. The van der Waals surface area contributed by atoms with Crippen molar-refractivity contribution in [3.05, 3.63) is 35.4 Å². The molecule has 0 aromatic heterocycles. The molecule has 0 saturated carbocycles. The molecule has 2 N–H and O–H groups in total. The Balaban J connectivity index is 2.77. The summed E-state index contributed by atoms with van der Waals surface area (Å²) >= 11 is 0. The Bertz CT molecular complexity index is 353. The van der Waals surface area contributed by atoms with Gasteiger partial charge in [-0.25, -0.2) is 0 Å². The number of benzene rings is 1. The maximum atomic E-state index is 5.79. The van der Waals surface area contributed by atoms with Gasteiger partial charge < -0.3 is 10.6 Å². The van der Waals surface area contributed by atoms with Gasteiger partial charge in [0.1, 0.15) is 6.10 Å². The zero-order valence-electron chi connectivity index (χ0n) is 10.4. The molecule has 1 aromatic rings. The van der Waals surface area contributed by atoms with Crippen molar-refractivity contribution in [1.29, 1.82) is 0 Å². The minimum atomic E-state index is 0.0495. The number of hydrogen-bond donors (Lipinski definition) is 1. The van der Waals surface area contributed by atoms with Crippen LogP contribution in [0.4, 0.5) is 0 Å².